The molecule has 1 aliphatic heterocycles. The molecule has 2 rings (SSSR count). The zero-order chi connectivity index (χ0) is 17.8. The second kappa shape index (κ2) is 7.63. The molecule has 1 aliphatic rings. The molecule has 0 spiro atoms. The van der Waals surface area contributed by atoms with Gasteiger partial charge in [-0.25, -0.2) is 0 Å². The Labute approximate surface area is 143 Å². The van der Waals surface area contributed by atoms with E-state index < -0.39 is 11.0 Å². The monoisotopic (exact) mass is 339 g/mol. The molecule has 24 heavy (non-hydrogen) atoms. The first-order valence-electron chi connectivity index (χ1n) is 8.47. The van der Waals surface area contributed by atoms with E-state index in [0.29, 0.717) is 11.6 Å². The highest BCUT2D eigenvalue weighted by atomic mass is 16.5. The van der Waals surface area contributed by atoms with Crippen LogP contribution in [0.25, 0.3) is 0 Å². The first-order chi connectivity index (χ1) is 11.2. The van der Waals surface area contributed by atoms with Gasteiger partial charge in [-0.15, -0.1) is 0 Å². The van der Waals surface area contributed by atoms with Gasteiger partial charge in [0.2, 0.25) is 11.8 Å². The molecular weight excluding hydrogens is 310 g/mol. The molecule has 1 amide bonds. The number of aliphatic hydroxyl groups is 1. The van der Waals surface area contributed by atoms with Gasteiger partial charge in [0.05, 0.1) is 17.8 Å². The molecule has 1 fully saturated rings. The van der Waals surface area contributed by atoms with E-state index in [4.69, 9.17) is 9.26 Å². The van der Waals surface area contributed by atoms with E-state index in [2.05, 4.69) is 15.8 Å². The predicted octanol–water partition coefficient (Wildman–Crippen LogP) is 1.68. The maximum Gasteiger partial charge on any atom is 0.246 e. The van der Waals surface area contributed by atoms with E-state index in [1.165, 1.54) is 0 Å². The third kappa shape index (κ3) is 4.78. The van der Waals surface area contributed by atoms with E-state index >= 15 is 0 Å². The van der Waals surface area contributed by atoms with Crippen LogP contribution in [-0.2, 0) is 14.9 Å². The number of rotatable bonds is 7. The molecule has 7 nitrogen and oxygen atoms in total. The smallest absolute Gasteiger partial charge is 0.246 e. The topological polar surface area (TPSA) is 96.6 Å². The fourth-order valence-corrected chi connectivity index (χ4v) is 2.43. The predicted molar refractivity (Wildman–Crippen MR) is 90.9 cm³/mol. The molecule has 0 aromatic carbocycles. The molecule has 0 bridgehead atoms. The third-order valence-electron chi connectivity index (χ3n) is 4.58. The maximum atomic E-state index is 12.5. The Kier molecular flexibility index (Phi) is 6.01. The Morgan fingerprint density at radius 1 is 1.33 bits per heavy atom. The van der Waals surface area contributed by atoms with Crippen LogP contribution in [0.15, 0.2) is 10.6 Å². The fourth-order valence-electron chi connectivity index (χ4n) is 2.43. The Hall–Kier alpha value is -1.44. The SMILES string of the molecule is CC(C)(NCC1CCOCC1)C(=O)Nc1cc(C(C)(C)CO)no1. The highest BCUT2D eigenvalue weighted by Crippen LogP contribution is 2.24. The summed E-state index contributed by atoms with van der Waals surface area (Å²) in [4.78, 5) is 12.5. The number of amides is 1. The summed E-state index contributed by atoms with van der Waals surface area (Å²) >= 11 is 0. The summed E-state index contributed by atoms with van der Waals surface area (Å²) in [5, 5.41) is 19.4. The number of aromatic nitrogens is 1. The van der Waals surface area contributed by atoms with Crippen molar-refractivity contribution in [3.05, 3.63) is 11.8 Å². The number of carbonyl (C=O) groups excluding carboxylic acids is 1. The Morgan fingerprint density at radius 2 is 2.00 bits per heavy atom. The van der Waals surface area contributed by atoms with E-state index in [0.717, 1.165) is 32.6 Å². The largest absolute Gasteiger partial charge is 0.395 e. The quantitative estimate of drug-likeness (QED) is 0.699. The van der Waals surface area contributed by atoms with Gasteiger partial charge in [0.1, 0.15) is 0 Å². The van der Waals surface area contributed by atoms with Crippen molar-refractivity contribution in [2.24, 2.45) is 5.92 Å². The molecule has 0 saturated carbocycles. The summed E-state index contributed by atoms with van der Waals surface area (Å²) in [6.45, 7) is 9.72. The molecule has 1 saturated heterocycles. The molecule has 1 aromatic rings. The van der Waals surface area contributed by atoms with Crippen molar-refractivity contribution in [1.82, 2.24) is 10.5 Å². The second-order valence-corrected chi connectivity index (χ2v) is 7.63. The van der Waals surface area contributed by atoms with Crippen molar-refractivity contribution >= 4 is 11.8 Å². The first-order valence-corrected chi connectivity index (χ1v) is 8.47. The average Bonchev–Trinajstić information content (AvgIpc) is 3.03. The zero-order valence-corrected chi connectivity index (χ0v) is 15.0. The minimum atomic E-state index is -0.724. The maximum absolute atomic E-state index is 12.5. The van der Waals surface area contributed by atoms with E-state index in [-0.39, 0.29) is 18.4 Å². The molecule has 0 aliphatic carbocycles. The number of carbonyl (C=O) groups is 1. The molecular formula is C17H29N3O4. The van der Waals surface area contributed by atoms with Crippen molar-refractivity contribution in [1.29, 1.82) is 0 Å². The summed E-state index contributed by atoms with van der Waals surface area (Å²) in [5.41, 5.74) is -0.630. The van der Waals surface area contributed by atoms with Crippen LogP contribution in [0, 0.1) is 5.92 Å². The lowest BCUT2D eigenvalue weighted by Crippen LogP contribution is -2.51. The summed E-state index contributed by atoms with van der Waals surface area (Å²) in [5.74, 6) is 0.643. The van der Waals surface area contributed by atoms with E-state index in [1.54, 1.807) is 6.07 Å². The average molecular weight is 339 g/mol. The molecule has 7 heteroatoms. The van der Waals surface area contributed by atoms with Gasteiger partial charge >= 0.3 is 0 Å². The van der Waals surface area contributed by atoms with Crippen molar-refractivity contribution in [3.63, 3.8) is 0 Å². The van der Waals surface area contributed by atoms with Gasteiger partial charge in [0, 0.05) is 24.7 Å². The second-order valence-electron chi connectivity index (χ2n) is 7.63. The molecule has 136 valence electrons. The third-order valence-corrected chi connectivity index (χ3v) is 4.58. The molecule has 3 N–H and O–H groups in total. The van der Waals surface area contributed by atoms with Crippen molar-refractivity contribution < 1.29 is 19.2 Å². The number of aliphatic hydroxyl groups excluding tert-OH is 1. The first kappa shape index (κ1) is 18.9. The minimum Gasteiger partial charge on any atom is -0.395 e. The van der Waals surface area contributed by atoms with E-state index in [1.807, 2.05) is 27.7 Å². The molecule has 0 atom stereocenters. The summed E-state index contributed by atoms with van der Waals surface area (Å²) in [6.07, 6.45) is 2.04. The number of nitrogens with one attached hydrogen (secondary N) is 2. The van der Waals surface area contributed by atoms with Crippen LogP contribution in [0.1, 0.15) is 46.2 Å². The number of nitrogens with zero attached hydrogens (tertiary/aromatic N) is 1. The van der Waals surface area contributed by atoms with Crippen LogP contribution in [0.4, 0.5) is 5.88 Å². The van der Waals surface area contributed by atoms with Crippen LogP contribution < -0.4 is 10.6 Å². The van der Waals surface area contributed by atoms with Gasteiger partial charge in [0.15, 0.2) is 0 Å². The fraction of sp³-hybridized carbons (Fsp3) is 0.765. The van der Waals surface area contributed by atoms with Gasteiger partial charge in [-0.05, 0) is 39.2 Å². The van der Waals surface area contributed by atoms with Gasteiger partial charge in [-0.3, -0.25) is 10.1 Å². The lowest BCUT2D eigenvalue weighted by Gasteiger charge is -2.29. The Bertz CT molecular complexity index is 548. The van der Waals surface area contributed by atoms with Crippen molar-refractivity contribution in [2.75, 3.05) is 31.7 Å². The standard InChI is InChI=1S/C17H29N3O4/c1-16(2,11-21)13-9-14(24-20-13)19-15(22)17(3,4)18-10-12-5-7-23-8-6-12/h9,12,18,21H,5-8,10-11H2,1-4H3,(H,19,22). The summed E-state index contributed by atoms with van der Waals surface area (Å²) in [7, 11) is 0. The summed E-state index contributed by atoms with van der Waals surface area (Å²) < 4.78 is 10.5. The van der Waals surface area contributed by atoms with Crippen LogP contribution in [0.3, 0.4) is 0 Å². The Morgan fingerprint density at radius 3 is 2.62 bits per heavy atom. The lowest BCUT2D eigenvalue weighted by molar-refractivity contribution is -0.121. The highest BCUT2D eigenvalue weighted by molar-refractivity contribution is 5.96. The summed E-state index contributed by atoms with van der Waals surface area (Å²) in [6, 6.07) is 1.66. The highest BCUT2D eigenvalue weighted by Gasteiger charge is 2.30. The normalized spacial score (nSPS) is 17.0. The number of hydrogen-bond donors (Lipinski definition) is 3. The van der Waals surface area contributed by atoms with Gasteiger partial charge in [-0.2, -0.15) is 0 Å². The van der Waals surface area contributed by atoms with Crippen LogP contribution in [-0.4, -0.2) is 48.1 Å². The molecule has 0 radical (unpaired) electrons. The molecule has 2 heterocycles. The number of anilines is 1. The minimum absolute atomic E-state index is 0.0505. The van der Waals surface area contributed by atoms with Crippen LogP contribution in [0.5, 0.6) is 0 Å². The van der Waals surface area contributed by atoms with Crippen molar-refractivity contribution in [2.45, 2.75) is 51.5 Å². The lowest BCUT2D eigenvalue weighted by atomic mass is 9.91. The molecule has 1 aromatic heterocycles. The Balaban J connectivity index is 1.90. The van der Waals surface area contributed by atoms with Crippen molar-refractivity contribution in [3.8, 4) is 0 Å². The van der Waals surface area contributed by atoms with Crippen LogP contribution in [0.2, 0.25) is 0 Å². The van der Waals surface area contributed by atoms with E-state index in [9.17, 15) is 9.90 Å². The number of ether oxygens (including phenoxy) is 1. The van der Waals surface area contributed by atoms with Gasteiger partial charge in [0.25, 0.3) is 0 Å². The van der Waals surface area contributed by atoms with Crippen LogP contribution >= 0.6 is 0 Å². The van der Waals surface area contributed by atoms with Gasteiger partial charge < -0.3 is 19.7 Å². The molecule has 0 unspecified atom stereocenters. The number of hydrogen-bond acceptors (Lipinski definition) is 6. The zero-order valence-electron chi connectivity index (χ0n) is 15.0. The van der Waals surface area contributed by atoms with Gasteiger partial charge in [-0.1, -0.05) is 19.0 Å².